The van der Waals surface area contributed by atoms with Gasteiger partial charge in [-0.3, -0.25) is 4.79 Å². The van der Waals surface area contributed by atoms with Crippen molar-refractivity contribution in [2.45, 2.75) is 20.0 Å². The van der Waals surface area contributed by atoms with Crippen LogP contribution < -0.4 is 5.32 Å². The van der Waals surface area contributed by atoms with Crippen molar-refractivity contribution in [1.29, 1.82) is 0 Å². The van der Waals surface area contributed by atoms with E-state index in [9.17, 15) is 18.0 Å². The Labute approximate surface area is 162 Å². The van der Waals surface area contributed by atoms with Crippen LogP contribution in [0.15, 0.2) is 48.8 Å². The molecule has 0 aliphatic carbocycles. The molecule has 0 saturated carbocycles. The van der Waals surface area contributed by atoms with Crippen molar-refractivity contribution in [3.8, 4) is 5.69 Å². The fourth-order valence-electron chi connectivity index (χ4n) is 2.96. The molecule has 29 heavy (non-hydrogen) atoms. The molecule has 0 radical (unpaired) electrons. The zero-order chi connectivity index (χ0) is 20.8. The lowest BCUT2D eigenvalue weighted by molar-refractivity contribution is -0.142. The lowest BCUT2D eigenvalue weighted by atomic mass is 10.2. The topological polar surface area (TPSA) is 77.1 Å². The molecule has 1 amide bonds. The standard InChI is InChI=1S/C19H15F3N6O/c1-11-9-16(19(20,21)22)28-17(24-11)10-15(26-28)18(29)25-13-3-5-14(6-4-13)27-8-7-23-12(27)2/h3-10H,1-2H3,(H,25,29). The molecule has 3 heterocycles. The third kappa shape index (κ3) is 3.56. The molecule has 4 rings (SSSR count). The molecule has 3 aromatic heterocycles. The lowest BCUT2D eigenvalue weighted by Gasteiger charge is -2.09. The highest BCUT2D eigenvalue weighted by Gasteiger charge is 2.35. The van der Waals surface area contributed by atoms with Crippen LogP contribution in [-0.4, -0.2) is 30.1 Å². The number of rotatable bonds is 3. The van der Waals surface area contributed by atoms with Crippen LogP contribution in [0.2, 0.25) is 0 Å². The maximum absolute atomic E-state index is 13.2. The third-order valence-electron chi connectivity index (χ3n) is 4.31. The average Bonchev–Trinajstić information content (AvgIpc) is 3.27. The van der Waals surface area contributed by atoms with E-state index < -0.39 is 17.8 Å². The Balaban J connectivity index is 1.60. The van der Waals surface area contributed by atoms with Crippen LogP contribution in [0.4, 0.5) is 18.9 Å². The highest BCUT2D eigenvalue weighted by molar-refractivity contribution is 6.03. The highest BCUT2D eigenvalue weighted by atomic mass is 19.4. The number of imidazole rings is 1. The molecular weight excluding hydrogens is 385 g/mol. The number of fused-ring (bicyclic) bond motifs is 1. The summed E-state index contributed by atoms with van der Waals surface area (Å²) < 4.78 is 42.2. The predicted octanol–water partition coefficient (Wildman–Crippen LogP) is 3.80. The Bertz CT molecular complexity index is 1210. The van der Waals surface area contributed by atoms with Crippen molar-refractivity contribution in [2.75, 3.05) is 5.32 Å². The van der Waals surface area contributed by atoms with Crippen LogP contribution in [0.5, 0.6) is 0 Å². The predicted molar refractivity (Wildman–Crippen MR) is 99.0 cm³/mol. The molecule has 0 atom stereocenters. The normalized spacial score (nSPS) is 11.8. The first-order valence-electron chi connectivity index (χ1n) is 8.59. The van der Waals surface area contributed by atoms with Gasteiger partial charge in [-0.1, -0.05) is 0 Å². The van der Waals surface area contributed by atoms with E-state index in [2.05, 4.69) is 20.4 Å². The highest BCUT2D eigenvalue weighted by Crippen LogP contribution is 2.30. The van der Waals surface area contributed by atoms with E-state index in [4.69, 9.17) is 0 Å². The van der Waals surface area contributed by atoms with Crippen molar-refractivity contribution in [3.63, 3.8) is 0 Å². The van der Waals surface area contributed by atoms with Crippen molar-refractivity contribution in [2.24, 2.45) is 0 Å². The van der Waals surface area contributed by atoms with E-state index in [-0.39, 0.29) is 17.0 Å². The van der Waals surface area contributed by atoms with E-state index in [0.717, 1.165) is 17.6 Å². The molecule has 0 spiro atoms. The molecule has 148 valence electrons. The number of carbonyl (C=O) groups excluding carboxylic acids is 1. The van der Waals surface area contributed by atoms with Crippen molar-refractivity contribution in [1.82, 2.24) is 24.1 Å². The number of nitrogens with zero attached hydrogens (tertiary/aromatic N) is 5. The quantitative estimate of drug-likeness (QED) is 0.568. The van der Waals surface area contributed by atoms with Gasteiger partial charge in [-0.2, -0.15) is 18.3 Å². The molecule has 0 fully saturated rings. The Hall–Kier alpha value is -3.69. The van der Waals surface area contributed by atoms with Gasteiger partial charge >= 0.3 is 6.18 Å². The first-order valence-corrected chi connectivity index (χ1v) is 8.59. The van der Waals surface area contributed by atoms with Crippen LogP contribution in [0.3, 0.4) is 0 Å². The van der Waals surface area contributed by atoms with Gasteiger partial charge < -0.3 is 9.88 Å². The molecule has 1 N–H and O–H groups in total. The molecular formula is C19H15F3N6O. The number of benzene rings is 1. The third-order valence-corrected chi connectivity index (χ3v) is 4.31. The number of aryl methyl sites for hydroxylation is 2. The molecule has 4 aromatic rings. The number of anilines is 1. The molecule has 1 aromatic carbocycles. The summed E-state index contributed by atoms with van der Waals surface area (Å²) in [5, 5.41) is 6.43. The number of alkyl halides is 3. The maximum atomic E-state index is 13.2. The molecule has 0 saturated heterocycles. The van der Waals surface area contributed by atoms with E-state index in [1.165, 1.54) is 13.0 Å². The maximum Gasteiger partial charge on any atom is 0.433 e. The minimum atomic E-state index is -4.62. The summed E-state index contributed by atoms with van der Waals surface area (Å²) in [6.45, 7) is 3.32. The SMILES string of the molecule is Cc1cc(C(F)(F)F)n2nc(C(=O)Nc3ccc(-n4ccnc4C)cc3)cc2n1. The monoisotopic (exact) mass is 400 g/mol. The largest absolute Gasteiger partial charge is 0.433 e. The number of nitrogens with one attached hydrogen (secondary N) is 1. The van der Waals surface area contributed by atoms with Crippen molar-refractivity contribution >= 4 is 17.2 Å². The summed E-state index contributed by atoms with van der Waals surface area (Å²) in [7, 11) is 0. The van der Waals surface area contributed by atoms with E-state index in [0.29, 0.717) is 10.2 Å². The number of hydrogen-bond donors (Lipinski definition) is 1. The van der Waals surface area contributed by atoms with Crippen LogP contribution in [0, 0.1) is 13.8 Å². The summed E-state index contributed by atoms with van der Waals surface area (Å²) in [6.07, 6.45) is -1.13. The van der Waals surface area contributed by atoms with Gasteiger partial charge in [0.15, 0.2) is 11.3 Å². The number of halogens is 3. The molecule has 7 nitrogen and oxygen atoms in total. The Kier molecular flexibility index (Phi) is 4.33. The fraction of sp³-hybridized carbons (Fsp3) is 0.158. The van der Waals surface area contributed by atoms with Crippen LogP contribution in [-0.2, 0) is 6.18 Å². The van der Waals surface area contributed by atoms with Crippen LogP contribution in [0.1, 0.15) is 27.7 Å². The number of hydrogen-bond acceptors (Lipinski definition) is 4. The van der Waals surface area contributed by atoms with E-state index >= 15 is 0 Å². The minimum Gasteiger partial charge on any atom is -0.321 e. The molecule has 0 bridgehead atoms. The molecule has 0 aliphatic heterocycles. The van der Waals surface area contributed by atoms with Crippen molar-refractivity contribution in [3.05, 3.63) is 71.7 Å². The lowest BCUT2D eigenvalue weighted by Crippen LogP contribution is -2.15. The summed E-state index contributed by atoms with van der Waals surface area (Å²) in [4.78, 5) is 20.7. The Morgan fingerprint density at radius 1 is 1.10 bits per heavy atom. The second-order valence-corrected chi connectivity index (χ2v) is 6.43. The second kappa shape index (κ2) is 6.73. The Morgan fingerprint density at radius 2 is 1.83 bits per heavy atom. The number of amides is 1. The van der Waals surface area contributed by atoms with Crippen molar-refractivity contribution < 1.29 is 18.0 Å². The first-order chi connectivity index (χ1) is 13.7. The van der Waals surface area contributed by atoms with Gasteiger partial charge in [-0.15, -0.1) is 0 Å². The van der Waals surface area contributed by atoms with Gasteiger partial charge in [0.05, 0.1) is 0 Å². The summed E-state index contributed by atoms with van der Waals surface area (Å²) in [6, 6.07) is 9.07. The fourth-order valence-corrected chi connectivity index (χ4v) is 2.96. The zero-order valence-electron chi connectivity index (χ0n) is 15.4. The zero-order valence-corrected chi connectivity index (χ0v) is 15.4. The number of aromatic nitrogens is 5. The summed E-state index contributed by atoms with van der Waals surface area (Å²) >= 11 is 0. The molecule has 0 aliphatic rings. The van der Waals surface area contributed by atoms with E-state index in [1.54, 1.807) is 30.5 Å². The minimum absolute atomic E-state index is 0.0478. The number of carbonyl (C=O) groups is 1. The smallest absolute Gasteiger partial charge is 0.321 e. The van der Waals surface area contributed by atoms with Gasteiger partial charge in [0, 0.05) is 35.5 Å². The average molecular weight is 400 g/mol. The molecule has 10 heteroatoms. The van der Waals surface area contributed by atoms with E-state index in [1.807, 2.05) is 17.7 Å². The van der Waals surface area contributed by atoms with Gasteiger partial charge in [0.25, 0.3) is 5.91 Å². The Morgan fingerprint density at radius 3 is 2.45 bits per heavy atom. The first kappa shape index (κ1) is 18.7. The van der Waals surface area contributed by atoms with Gasteiger partial charge in [0.1, 0.15) is 11.5 Å². The second-order valence-electron chi connectivity index (χ2n) is 6.43. The van der Waals surface area contributed by atoms with Gasteiger partial charge in [-0.05, 0) is 44.2 Å². The van der Waals surface area contributed by atoms with Crippen LogP contribution >= 0.6 is 0 Å². The molecule has 0 unspecified atom stereocenters. The summed E-state index contributed by atoms with van der Waals surface area (Å²) in [5.41, 5.74) is 0.326. The van der Waals surface area contributed by atoms with Gasteiger partial charge in [-0.25, -0.2) is 14.5 Å². The van der Waals surface area contributed by atoms with Gasteiger partial charge in [0.2, 0.25) is 0 Å². The van der Waals surface area contributed by atoms with Crippen LogP contribution in [0.25, 0.3) is 11.3 Å². The summed E-state index contributed by atoms with van der Waals surface area (Å²) in [5.74, 6) is 0.183.